The smallest absolute Gasteiger partial charge is 0.321 e. The lowest BCUT2D eigenvalue weighted by atomic mass is 10.2. The first-order valence-electron chi connectivity index (χ1n) is 8.84. The van der Waals surface area contributed by atoms with Crippen LogP contribution in [0.25, 0.3) is 0 Å². The van der Waals surface area contributed by atoms with Crippen LogP contribution in [-0.4, -0.2) is 57.8 Å². The van der Waals surface area contributed by atoms with Crippen LogP contribution >= 0.6 is 0 Å². The van der Waals surface area contributed by atoms with Crippen molar-refractivity contribution in [1.82, 2.24) is 10.6 Å². The summed E-state index contributed by atoms with van der Waals surface area (Å²) in [6.45, 7) is 7.67. The van der Waals surface area contributed by atoms with Crippen molar-refractivity contribution in [2.24, 2.45) is 0 Å². The van der Waals surface area contributed by atoms with Gasteiger partial charge in [-0.25, -0.2) is 4.79 Å². The standard InChI is InChI=1S/C18H28N4O3/c1-4-14(2)19-18(24)20-17(23)13-21-8-10-22(11-9-21)15-6-5-7-16(12-15)25-3/h5-7,12,14H,4,8-11,13H2,1-3H3,(H2,19,20,23,24)/p+1/t14-/m0/s1. The Hall–Kier alpha value is -2.28. The minimum Gasteiger partial charge on any atom is -0.497 e. The second kappa shape index (κ2) is 9.27. The van der Waals surface area contributed by atoms with Crippen molar-refractivity contribution >= 4 is 17.6 Å². The molecule has 0 saturated carbocycles. The van der Waals surface area contributed by atoms with Gasteiger partial charge >= 0.3 is 6.03 Å². The summed E-state index contributed by atoms with van der Waals surface area (Å²) in [7, 11) is 1.66. The lowest BCUT2D eigenvalue weighted by Crippen LogP contribution is -3.16. The van der Waals surface area contributed by atoms with E-state index in [-0.39, 0.29) is 11.9 Å². The fraction of sp³-hybridized carbons (Fsp3) is 0.556. The summed E-state index contributed by atoms with van der Waals surface area (Å²) in [5.74, 6) is 0.615. The van der Waals surface area contributed by atoms with Crippen molar-refractivity contribution in [2.45, 2.75) is 26.3 Å². The Morgan fingerprint density at radius 2 is 2.04 bits per heavy atom. The summed E-state index contributed by atoms with van der Waals surface area (Å²) >= 11 is 0. The number of carbonyl (C=O) groups excluding carboxylic acids is 2. The summed E-state index contributed by atoms with van der Waals surface area (Å²) in [6, 6.07) is 7.66. The van der Waals surface area contributed by atoms with Crippen LogP contribution in [0.1, 0.15) is 20.3 Å². The predicted molar refractivity (Wildman–Crippen MR) is 97.2 cm³/mol. The fourth-order valence-corrected chi connectivity index (χ4v) is 2.82. The number of nitrogens with zero attached hydrogens (tertiary/aromatic N) is 1. The molecule has 0 aliphatic carbocycles. The summed E-state index contributed by atoms with van der Waals surface area (Å²) < 4.78 is 5.27. The highest BCUT2D eigenvalue weighted by molar-refractivity contribution is 5.94. The van der Waals surface area contributed by atoms with Crippen LogP contribution in [0.2, 0.25) is 0 Å². The van der Waals surface area contributed by atoms with Gasteiger partial charge in [0.25, 0.3) is 5.91 Å². The highest BCUT2D eigenvalue weighted by Crippen LogP contribution is 2.20. The predicted octanol–water partition coefficient (Wildman–Crippen LogP) is 0.0244. The molecule has 0 radical (unpaired) electrons. The first-order chi connectivity index (χ1) is 12.0. The number of rotatable bonds is 6. The SMILES string of the molecule is CC[C@H](C)NC(=O)NC(=O)C[NH+]1CCN(c2cccc(OC)c2)CC1. The maximum atomic E-state index is 12.0. The Morgan fingerprint density at radius 1 is 1.32 bits per heavy atom. The van der Waals surface area contributed by atoms with Gasteiger partial charge in [-0.15, -0.1) is 0 Å². The Bertz CT molecular complexity index is 585. The zero-order chi connectivity index (χ0) is 18.2. The molecule has 0 aromatic heterocycles. The number of quaternary nitrogens is 1. The number of urea groups is 1. The van der Waals surface area contributed by atoms with Gasteiger partial charge in [-0.1, -0.05) is 13.0 Å². The monoisotopic (exact) mass is 349 g/mol. The lowest BCUT2D eigenvalue weighted by Gasteiger charge is -2.33. The Morgan fingerprint density at radius 3 is 2.68 bits per heavy atom. The number of benzene rings is 1. The fourth-order valence-electron chi connectivity index (χ4n) is 2.82. The zero-order valence-electron chi connectivity index (χ0n) is 15.3. The van der Waals surface area contributed by atoms with Gasteiger partial charge in [-0.05, 0) is 25.5 Å². The molecule has 3 N–H and O–H groups in total. The third-order valence-electron chi connectivity index (χ3n) is 4.54. The number of piperazine rings is 1. The largest absolute Gasteiger partial charge is 0.497 e. The molecule has 138 valence electrons. The molecule has 1 saturated heterocycles. The molecule has 7 nitrogen and oxygen atoms in total. The maximum Gasteiger partial charge on any atom is 0.321 e. The number of nitrogens with one attached hydrogen (secondary N) is 3. The van der Waals surface area contributed by atoms with Crippen molar-refractivity contribution < 1.29 is 19.2 Å². The van der Waals surface area contributed by atoms with Gasteiger partial charge in [-0.3, -0.25) is 10.1 Å². The number of hydrogen-bond acceptors (Lipinski definition) is 4. The maximum absolute atomic E-state index is 12.0. The Balaban J connectivity index is 1.76. The van der Waals surface area contributed by atoms with Crippen molar-refractivity contribution in [3.05, 3.63) is 24.3 Å². The van der Waals surface area contributed by atoms with Crippen LogP contribution in [0.4, 0.5) is 10.5 Å². The van der Waals surface area contributed by atoms with Gasteiger partial charge in [-0.2, -0.15) is 0 Å². The van der Waals surface area contributed by atoms with Crippen LogP contribution in [0.3, 0.4) is 0 Å². The van der Waals surface area contributed by atoms with E-state index in [2.05, 4.69) is 21.6 Å². The van der Waals surface area contributed by atoms with E-state index in [0.29, 0.717) is 6.54 Å². The molecule has 1 aliphatic heterocycles. The van der Waals surface area contributed by atoms with Gasteiger partial charge in [0.15, 0.2) is 6.54 Å². The van der Waals surface area contributed by atoms with E-state index in [9.17, 15) is 9.59 Å². The molecule has 0 spiro atoms. The van der Waals surface area contributed by atoms with E-state index in [1.807, 2.05) is 32.0 Å². The van der Waals surface area contributed by atoms with Gasteiger partial charge in [0.05, 0.1) is 33.3 Å². The highest BCUT2D eigenvalue weighted by Gasteiger charge is 2.23. The Labute approximate surface area is 149 Å². The van der Waals surface area contributed by atoms with Gasteiger partial charge in [0.2, 0.25) is 0 Å². The second-order valence-corrected chi connectivity index (χ2v) is 6.45. The van der Waals surface area contributed by atoms with E-state index in [0.717, 1.165) is 44.0 Å². The van der Waals surface area contributed by atoms with E-state index >= 15 is 0 Å². The number of carbonyl (C=O) groups is 2. The number of anilines is 1. The number of ether oxygens (including phenoxy) is 1. The molecule has 0 bridgehead atoms. The molecule has 1 heterocycles. The van der Waals surface area contributed by atoms with Crippen LogP contribution in [0.15, 0.2) is 24.3 Å². The van der Waals surface area contributed by atoms with Gasteiger partial charge < -0.3 is 19.9 Å². The molecule has 7 heteroatoms. The van der Waals surface area contributed by atoms with Crippen LogP contribution < -0.4 is 25.2 Å². The third-order valence-corrected chi connectivity index (χ3v) is 4.54. The van der Waals surface area contributed by atoms with Crippen LogP contribution in [0, 0.1) is 0 Å². The molecule has 0 unspecified atom stereocenters. The molecule has 1 aromatic rings. The number of hydrogen-bond donors (Lipinski definition) is 3. The van der Waals surface area contributed by atoms with E-state index in [4.69, 9.17) is 4.74 Å². The summed E-state index contributed by atoms with van der Waals surface area (Å²) in [6.07, 6.45) is 0.832. The first kappa shape index (κ1) is 19.1. The lowest BCUT2D eigenvalue weighted by molar-refractivity contribution is -0.892. The van der Waals surface area contributed by atoms with Crippen molar-refractivity contribution in [3.63, 3.8) is 0 Å². The van der Waals surface area contributed by atoms with Crippen molar-refractivity contribution in [1.29, 1.82) is 0 Å². The molecule has 1 atom stereocenters. The first-order valence-corrected chi connectivity index (χ1v) is 8.84. The summed E-state index contributed by atoms with van der Waals surface area (Å²) in [5, 5.41) is 5.15. The molecule has 25 heavy (non-hydrogen) atoms. The van der Waals surface area contributed by atoms with E-state index < -0.39 is 6.03 Å². The molecule has 1 aliphatic rings. The second-order valence-electron chi connectivity index (χ2n) is 6.45. The summed E-state index contributed by atoms with van der Waals surface area (Å²) in [5.41, 5.74) is 1.13. The van der Waals surface area contributed by atoms with Crippen LogP contribution in [-0.2, 0) is 4.79 Å². The van der Waals surface area contributed by atoms with Gasteiger partial charge in [0, 0.05) is 17.8 Å². The van der Waals surface area contributed by atoms with Gasteiger partial charge in [0.1, 0.15) is 5.75 Å². The minimum atomic E-state index is -0.409. The zero-order valence-corrected chi connectivity index (χ0v) is 15.3. The average molecular weight is 349 g/mol. The molecule has 1 fully saturated rings. The van der Waals surface area contributed by atoms with Crippen molar-refractivity contribution in [2.75, 3.05) is 44.7 Å². The molecule has 3 amide bonds. The Kier molecular flexibility index (Phi) is 7.06. The van der Waals surface area contributed by atoms with Crippen molar-refractivity contribution in [3.8, 4) is 5.75 Å². The normalized spacial score (nSPS) is 16.2. The molecule has 2 rings (SSSR count). The number of imide groups is 1. The third kappa shape index (κ3) is 5.94. The molecule has 1 aromatic carbocycles. The van der Waals surface area contributed by atoms with E-state index in [1.165, 1.54) is 4.90 Å². The van der Waals surface area contributed by atoms with E-state index in [1.54, 1.807) is 7.11 Å². The highest BCUT2D eigenvalue weighted by atomic mass is 16.5. The van der Waals surface area contributed by atoms with Crippen LogP contribution in [0.5, 0.6) is 5.75 Å². The minimum absolute atomic E-state index is 0.0616. The average Bonchev–Trinajstić information content (AvgIpc) is 2.62. The number of amides is 3. The molecular formula is C18H29N4O3+. The topological polar surface area (TPSA) is 75.1 Å². The summed E-state index contributed by atoms with van der Waals surface area (Å²) in [4.78, 5) is 27.2. The molecular weight excluding hydrogens is 320 g/mol. The number of methoxy groups -OCH3 is 1. The quantitative estimate of drug-likeness (QED) is 0.677.